The lowest BCUT2D eigenvalue weighted by Crippen LogP contribution is -2.53. The molecule has 0 fully saturated rings. The summed E-state index contributed by atoms with van der Waals surface area (Å²) in [6.07, 6.45) is 11.9. The quantitative estimate of drug-likeness (QED) is 0.106. The van der Waals surface area contributed by atoms with Gasteiger partial charge in [-0.15, -0.1) is 0 Å². The van der Waals surface area contributed by atoms with E-state index in [1.54, 1.807) is 0 Å². The van der Waals surface area contributed by atoms with Crippen molar-refractivity contribution >= 4 is 5.97 Å². The first-order chi connectivity index (χ1) is 16.5. The van der Waals surface area contributed by atoms with E-state index in [4.69, 9.17) is 9.47 Å². The van der Waals surface area contributed by atoms with Crippen LogP contribution in [0.5, 0.6) is 5.75 Å². The highest BCUT2D eigenvalue weighted by molar-refractivity contribution is 5.74. The summed E-state index contributed by atoms with van der Waals surface area (Å²) < 4.78 is 12.0. The second-order valence-electron chi connectivity index (χ2n) is 9.97. The van der Waals surface area contributed by atoms with Crippen molar-refractivity contribution in [3.05, 3.63) is 65.7 Å². The summed E-state index contributed by atoms with van der Waals surface area (Å²) in [4.78, 5) is 13.0. The lowest BCUT2D eigenvalue weighted by atomic mass is 10.0. The highest BCUT2D eigenvalue weighted by Gasteiger charge is 2.35. The smallest absolute Gasteiger partial charge is 0.367 e. The molecule has 1 unspecified atom stereocenters. The van der Waals surface area contributed by atoms with Crippen LogP contribution in [0.4, 0.5) is 0 Å². The second-order valence-corrected chi connectivity index (χ2v) is 9.97. The molecule has 0 saturated heterocycles. The molecule has 0 saturated carbocycles. The first-order valence-electron chi connectivity index (χ1n) is 13.2. The molecular weight excluding hydrogens is 422 g/mol. The fourth-order valence-electron chi connectivity index (χ4n) is 4.52. The topological polar surface area (TPSA) is 35.5 Å². The van der Waals surface area contributed by atoms with Gasteiger partial charge in [-0.05, 0) is 37.0 Å². The molecule has 0 bridgehead atoms. The number of hydrogen-bond acceptors (Lipinski definition) is 3. The van der Waals surface area contributed by atoms with E-state index in [1.807, 2.05) is 30.3 Å². The Labute approximate surface area is 207 Å². The van der Waals surface area contributed by atoms with Crippen LogP contribution >= 0.6 is 0 Å². The Hall–Kier alpha value is -2.33. The zero-order valence-corrected chi connectivity index (χ0v) is 21.9. The van der Waals surface area contributed by atoms with Gasteiger partial charge >= 0.3 is 5.97 Å². The van der Waals surface area contributed by atoms with Crippen LogP contribution in [0.1, 0.15) is 82.8 Å². The van der Waals surface area contributed by atoms with Crippen LogP contribution in [0.3, 0.4) is 0 Å². The number of quaternary nitrogens is 1. The summed E-state index contributed by atoms with van der Waals surface area (Å²) >= 11 is 0. The maximum atomic E-state index is 13.0. The van der Waals surface area contributed by atoms with Gasteiger partial charge in [-0.1, -0.05) is 94.8 Å². The number of likely N-dealkylation sites (N-methyl/N-ethyl adjacent to an activating group) is 1. The molecule has 0 N–H and O–H groups in total. The van der Waals surface area contributed by atoms with Gasteiger partial charge in [-0.25, -0.2) is 4.79 Å². The molecule has 34 heavy (non-hydrogen) atoms. The van der Waals surface area contributed by atoms with Gasteiger partial charge in [0.05, 0.1) is 14.1 Å². The fraction of sp³-hybridized carbons (Fsp3) is 0.567. The lowest BCUT2D eigenvalue weighted by Gasteiger charge is -2.36. The summed E-state index contributed by atoms with van der Waals surface area (Å²) in [7, 11) is 4.20. The Bertz CT molecular complexity index is 819. The molecule has 0 aliphatic heterocycles. The van der Waals surface area contributed by atoms with Crippen LogP contribution in [0, 0.1) is 0 Å². The Morgan fingerprint density at radius 2 is 1.50 bits per heavy atom. The molecule has 0 aliphatic carbocycles. The number of nitrogens with zero attached hydrogens (tertiary/aromatic N) is 1. The van der Waals surface area contributed by atoms with Gasteiger partial charge in [-0.3, -0.25) is 0 Å². The molecule has 4 heteroatoms. The normalized spacial score (nSPS) is 12.4. The molecule has 2 aromatic carbocycles. The summed E-state index contributed by atoms with van der Waals surface area (Å²) in [6, 6.07) is 18.3. The highest BCUT2D eigenvalue weighted by Crippen LogP contribution is 2.20. The molecule has 2 rings (SSSR count). The average molecular weight is 469 g/mol. The molecule has 0 amide bonds. The average Bonchev–Trinajstić information content (AvgIpc) is 2.82. The van der Waals surface area contributed by atoms with E-state index in [0.717, 1.165) is 31.6 Å². The fourth-order valence-corrected chi connectivity index (χ4v) is 4.52. The van der Waals surface area contributed by atoms with Crippen LogP contribution in [0.25, 0.3) is 0 Å². The van der Waals surface area contributed by atoms with Crippen molar-refractivity contribution in [2.75, 3.05) is 20.9 Å². The van der Waals surface area contributed by atoms with Gasteiger partial charge in [-0.2, -0.15) is 0 Å². The van der Waals surface area contributed by atoms with E-state index in [0.29, 0.717) is 4.48 Å². The minimum absolute atomic E-state index is 0.0503. The van der Waals surface area contributed by atoms with Gasteiger partial charge in [0.1, 0.15) is 12.3 Å². The molecule has 188 valence electrons. The maximum Gasteiger partial charge on any atom is 0.367 e. The SMILES string of the molecule is CCCCCCCCCc1cccc(OCOC(=O)C(CCC)[N+](C)(C)Cc2ccccc2)c1. The van der Waals surface area contributed by atoms with E-state index >= 15 is 0 Å². The zero-order valence-electron chi connectivity index (χ0n) is 21.9. The first-order valence-corrected chi connectivity index (χ1v) is 13.2. The molecule has 0 aliphatic rings. The summed E-state index contributed by atoms with van der Waals surface area (Å²) in [5, 5.41) is 0. The molecule has 2 aromatic rings. The van der Waals surface area contributed by atoms with Crippen molar-refractivity contribution in [2.45, 2.75) is 90.6 Å². The number of esters is 1. The summed E-state index contributed by atoms with van der Waals surface area (Å²) in [5.74, 6) is 0.570. The third-order valence-electron chi connectivity index (χ3n) is 6.51. The summed E-state index contributed by atoms with van der Waals surface area (Å²) in [5.41, 5.74) is 2.50. The number of unbranched alkanes of at least 4 members (excludes halogenated alkanes) is 6. The van der Waals surface area contributed by atoms with Gasteiger partial charge in [0.25, 0.3) is 0 Å². The number of rotatable bonds is 17. The van der Waals surface area contributed by atoms with E-state index in [9.17, 15) is 4.79 Å². The van der Waals surface area contributed by atoms with Crippen LogP contribution < -0.4 is 4.74 Å². The van der Waals surface area contributed by atoms with E-state index in [-0.39, 0.29) is 18.8 Å². The van der Waals surface area contributed by atoms with Crippen molar-refractivity contribution in [1.29, 1.82) is 0 Å². The molecule has 4 nitrogen and oxygen atoms in total. The Balaban J connectivity index is 1.80. The Kier molecular flexibility index (Phi) is 12.8. The molecule has 0 heterocycles. The molecular formula is C30H46NO3+. The Morgan fingerprint density at radius 1 is 0.824 bits per heavy atom. The third kappa shape index (κ3) is 10.3. The predicted molar refractivity (Wildman–Crippen MR) is 141 cm³/mol. The first kappa shape index (κ1) is 27.9. The van der Waals surface area contributed by atoms with Crippen LogP contribution in [0.2, 0.25) is 0 Å². The van der Waals surface area contributed by atoms with Crippen molar-refractivity contribution < 1.29 is 18.8 Å². The highest BCUT2D eigenvalue weighted by atomic mass is 16.7. The van der Waals surface area contributed by atoms with Crippen LogP contribution in [-0.4, -0.2) is 37.4 Å². The largest absolute Gasteiger partial charge is 0.457 e. The van der Waals surface area contributed by atoms with Gasteiger partial charge in [0.15, 0.2) is 6.04 Å². The van der Waals surface area contributed by atoms with Crippen molar-refractivity contribution in [3.63, 3.8) is 0 Å². The predicted octanol–water partition coefficient (Wildman–Crippen LogP) is 7.30. The van der Waals surface area contributed by atoms with Gasteiger partial charge in [0, 0.05) is 12.0 Å². The molecule has 0 spiro atoms. The van der Waals surface area contributed by atoms with Crippen molar-refractivity contribution in [1.82, 2.24) is 0 Å². The molecule has 1 atom stereocenters. The van der Waals surface area contributed by atoms with Crippen molar-refractivity contribution in [3.8, 4) is 5.75 Å². The van der Waals surface area contributed by atoms with Gasteiger partial charge < -0.3 is 14.0 Å². The minimum Gasteiger partial charge on any atom is -0.457 e. The number of ether oxygens (including phenoxy) is 2. The third-order valence-corrected chi connectivity index (χ3v) is 6.51. The number of carbonyl (C=O) groups excluding carboxylic acids is 1. The monoisotopic (exact) mass is 468 g/mol. The van der Waals surface area contributed by atoms with Crippen LogP contribution in [-0.2, 0) is 22.5 Å². The minimum atomic E-state index is -0.225. The second kappa shape index (κ2) is 15.5. The number of aryl methyl sites for hydroxylation is 1. The number of benzene rings is 2. The zero-order chi connectivity index (χ0) is 24.7. The Morgan fingerprint density at radius 3 is 2.21 bits per heavy atom. The lowest BCUT2D eigenvalue weighted by molar-refractivity contribution is -0.920. The van der Waals surface area contributed by atoms with E-state index < -0.39 is 0 Å². The van der Waals surface area contributed by atoms with Crippen LogP contribution in [0.15, 0.2) is 54.6 Å². The summed E-state index contributed by atoms with van der Waals surface area (Å²) in [6.45, 7) is 5.09. The standard InChI is InChI=1S/C30H46NO3/c1-5-7-8-9-10-11-13-18-26-21-16-22-28(23-26)33-25-34-30(32)29(17-6-2)31(3,4)24-27-19-14-12-15-20-27/h12,14-16,19-23,29H,5-11,13,17-18,24-25H2,1-4H3/q+1. The number of hydrogen-bond donors (Lipinski definition) is 0. The molecule has 0 aromatic heterocycles. The van der Waals surface area contributed by atoms with Crippen molar-refractivity contribution in [2.24, 2.45) is 0 Å². The van der Waals surface area contributed by atoms with E-state index in [2.05, 4.69) is 52.2 Å². The van der Waals surface area contributed by atoms with E-state index in [1.165, 1.54) is 56.1 Å². The van der Waals surface area contributed by atoms with Gasteiger partial charge in [0.2, 0.25) is 6.79 Å². The molecule has 0 radical (unpaired) electrons. The maximum absolute atomic E-state index is 13.0. The number of carbonyl (C=O) groups is 1.